The standard InChI is InChI=1S/C9H10FN3/c1-12-6-11-7-13(12)9-4-2-8(10)3-5-9/h2-6H,7H2,1H3. The topological polar surface area (TPSA) is 18.8 Å². The summed E-state index contributed by atoms with van der Waals surface area (Å²) in [5, 5.41) is 3.81. The molecule has 0 aliphatic carbocycles. The van der Waals surface area contributed by atoms with E-state index >= 15 is 0 Å². The minimum atomic E-state index is -0.216. The lowest BCUT2D eigenvalue weighted by Crippen LogP contribution is -2.33. The molecule has 0 fully saturated rings. The zero-order chi connectivity index (χ0) is 9.26. The molecule has 1 aromatic rings. The maximum atomic E-state index is 12.6. The van der Waals surface area contributed by atoms with E-state index in [9.17, 15) is 4.39 Å². The van der Waals surface area contributed by atoms with E-state index in [2.05, 4.69) is 4.99 Å². The number of anilines is 1. The molecular formula is C9H10FN3. The van der Waals surface area contributed by atoms with Crippen LogP contribution in [-0.4, -0.2) is 25.1 Å². The van der Waals surface area contributed by atoms with E-state index in [-0.39, 0.29) is 5.82 Å². The molecule has 0 saturated carbocycles. The van der Waals surface area contributed by atoms with Crippen LogP contribution in [-0.2, 0) is 0 Å². The highest BCUT2D eigenvalue weighted by molar-refractivity contribution is 5.63. The number of rotatable bonds is 1. The molecule has 1 heterocycles. The number of hydrogen-bond donors (Lipinski definition) is 0. The second-order valence-corrected chi connectivity index (χ2v) is 2.89. The predicted molar refractivity (Wildman–Crippen MR) is 50.0 cm³/mol. The third-order valence-electron chi connectivity index (χ3n) is 1.97. The zero-order valence-electron chi connectivity index (χ0n) is 7.31. The number of hydrogen-bond acceptors (Lipinski definition) is 3. The molecule has 1 aromatic carbocycles. The quantitative estimate of drug-likeness (QED) is 0.650. The van der Waals surface area contributed by atoms with Gasteiger partial charge in [-0.25, -0.2) is 4.39 Å². The van der Waals surface area contributed by atoms with Crippen molar-refractivity contribution in [1.82, 2.24) is 5.01 Å². The Morgan fingerprint density at radius 3 is 2.54 bits per heavy atom. The summed E-state index contributed by atoms with van der Waals surface area (Å²) in [4.78, 5) is 4.08. The first-order valence-corrected chi connectivity index (χ1v) is 4.03. The molecule has 0 bridgehead atoms. The molecule has 0 atom stereocenters. The molecule has 0 N–H and O–H groups in total. The first kappa shape index (κ1) is 8.04. The monoisotopic (exact) mass is 179 g/mol. The molecular weight excluding hydrogens is 169 g/mol. The van der Waals surface area contributed by atoms with Crippen molar-refractivity contribution in [3.05, 3.63) is 30.1 Å². The van der Waals surface area contributed by atoms with Gasteiger partial charge in [-0.05, 0) is 24.3 Å². The number of nitrogens with zero attached hydrogens (tertiary/aromatic N) is 3. The summed E-state index contributed by atoms with van der Waals surface area (Å²) in [6.07, 6.45) is 1.74. The maximum Gasteiger partial charge on any atom is 0.131 e. The Morgan fingerprint density at radius 1 is 1.31 bits per heavy atom. The highest BCUT2D eigenvalue weighted by Gasteiger charge is 2.13. The predicted octanol–water partition coefficient (Wildman–Crippen LogP) is 1.48. The summed E-state index contributed by atoms with van der Waals surface area (Å²) in [6, 6.07) is 6.37. The van der Waals surface area contributed by atoms with Crippen molar-refractivity contribution in [2.75, 3.05) is 18.7 Å². The highest BCUT2D eigenvalue weighted by atomic mass is 19.1. The molecule has 0 saturated heterocycles. The molecule has 0 unspecified atom stereocenters. The van der Waals surface area contributed by atoms with Crippen molar-refractivity contribution < 1.29 is 4.39 Å². The Hall–Kier alpha value is -1.58. The van der Waals surface area contributed by atoms with E-state index < -0.39 is 0 Å². The molecule has 0 radical (unpaired) electrons. The van der Waals surface area contributed by atoms with Crippen LogP contribution in [0.4, 0.5) is 10.1 Å². The largest absolute Gasteiger partial charge is 0.276 e. The number of benzene rings is 1. The maximum absolute atomic E-state index is 12.6. The molecule has 68 valence electrons. The van der Waals surface area contributed by atoms with Gasteiger partial charge in [-0.1, -0.05) is 0 Å². The molecule has 0 aromatic heterocycles. The van der Waals surface area contributed by atoms with Crippen LogP contribution in [0.25, 0.3) is 0 Å². The molecule has 13 heavy (non-hydrogen) atoms. The summed E-state index contributed by atoms with van der Waals surface area (Å²) in [5.74, 6) is -0.216. The van der Waals surface area contributed by atoms with E-state index in [0.717, 1.165) is 5.69 Å². The summed E-state index contributed by atoms with van der Waals surface area (Å²) < 4.78 is 12.6. The Balaban J connectivity index is 2.21. The lowest BCUT2D eigenvalue weighted by molar-refractivity contribution is 0.507. The minimum Gasteiger partial charge on any atom is -0.276 e. The van der Waals surface area contributed by atoms with Crippen molar-refractivity contribution in [3.63, 3.8) is 0 Å². The van der Waals surface area contributed by atoms with Gasteiger partial charge in [-0.15, -0.1) is 0 Å². The van der Waals surface area contributed by atoms with Crippen molar-refractivity contribution in [3.8, 4) is 0 Å². The average Bonchev–Trinajstić information content (AvgIpc) is 2.53. The molecule has 4 heteroatoms. The number of halogens is 1. The van der Waals surface area contributed by atoms with E-state index in [1.165, 1.54) is 12.1 Å². The van der Waals surface area contributed by atoms with Gasteiger partial charge in [0, 0.05) is 7.05 Å². The smallest absolute Gasteiger partial charge is 0.131 e. The molecule has 0 spiro atoms. The van der Waals surface area contributed by atoms with Crippen LogP contribution in [0, 0.1) is 5.82 Å². The Labute approximate surface area is 76.1 Å². The van der Waals surface area contributed by atoms with Crippen LogP contribution in [0.5, 0.6) is 0 Å². The summed E-state index contributed by atoms with van der Waals surface area (Å²) in [7, 11) is 1.90. The van der Waals surface area contributed by atoms with Gasteiger partial charge in [-0.3, -0.25) is 15.0 Å². The van der Waals surface area contributed by atoms with Gasteiger partial charge >= 0.3 is 0 Å². The van der Waals surface area contributed by atoms with Crippen LogP contribution in [0.3, 0.4) is 0 Å². The van der Waals surface area contributed by atoms with Crippen LogP contribution in [0.1, 0.15) is 0 Å². The molecule has 1 aliphatic rings. The molecule has 1 aliphatic heterocycles. The fourth-order valence-corrected chi connectivity index (χ4v) is 1.27. The Morgan fingerprint density at radius 2 is 2.00 bits per heavy atom. The second kappa shape index (κ2) is 3.05. The van der Waals surface area contributed by atoms with Crippen molar-refractivity contribution in [2.24, 2.45) is 4.99 Å². The molecule has 2 rings (SSSR count). The summed E-state index contributed by atoms with van der Waals surface area (Å²) in [6.45, 7) is 0.599. The molecule has 3 nitrogen and oxygen atoms in total. The second-order valence-electron chi connectivity index (χ2n) is 2.89. The summed E-state index contributed by atoms with van der Waals surface area (Å²) >= 11 is 0. The normalized spacial score (nSPS) is 15.5. The number of hydrazine groups is 1. The third-order valence-corrected chi connectivity index (χ3v) is 1.97. The van der Waals surface area contributed by atoms with Crippen LogP contribution in [0.2, 0.25) is 0 Å². The lowest BCUT2D eigenvalue weighted by Gasteiger charge is -2.25. The van der Waals surface area contributed by atoms with Gasteiger partial charge < -0.3 is 0 Å². The van der Waals surface area contributed by atoms with Crippen LogP contribution < -0.4 is 5.01 Å². The fraction of sp³-hybridized carbons (Fsp3) is 0.222. The van der Waals surface area contributed by atoms with Crippen molar-refractivity contribution in [1.29, 1.82) is 0 Å². The van der Waals surface area contributed by atoms with Crippen molar-refractivity contribution in [2.45, 2.75) is 0 Å². The Kier molecular flexibility index (Phi) is 1.88. The first-order valence-electron chi connectivity index (χ1n) is 4.03. The zero-order valence-corrected chi connectivity index (χ0v) is 7.31. The summed E-state index contributed by atoms with van der Waals surface area (Å²) in [5.41, 5.74) is 0.946. The van der Waals surface area contributed by atoms with Crippen LogP contribution in [0.15, 0.2) is 29.3 Å². The van der Waals surface area contributed by atoms with Gasteiger partial charge in [0.2, 0.25) is 0 Å². The van der Waals surface area contributed by atoms with E-state index in [0.29, 0.717) is 6.67 Å². The van der Waals surface area contributed by atoms with Gasteiger partial charge in [0.15, 0.2) is 0 Å². The Bertz CT molecular complexity index is 320. The van der Waals surface area contributed by atoms with E-state index in [1.54, 1.807) is 18.5 Å². The van der Waals surface area contributed by atoms with Crippen LogP contribution >= 0.6 is 0 Å². The van der Waals surface area contributed by atoms with Gasteiger partial charge in [0.05, 0.1) is 5.69 Å². The van der Waals surface area contributed by atoms with E-state index in [4.69, 9.17) is 0 Å². The van der Waals surface area contributed by atoms with E-state index in [1.807, 2.05) is 17.1 Å². The third kappa shape index (κ3) is 1.47. The highest BCUT2D eigenvalue weighted by Crippen LogP contribution is 2.17. The minimum absolute atomic E-state index is 0.216. The number of aliphatic imine (C=N–C) groups is 1. The van der Waals surface area contributed by atoms with Gasteiger partial charge in [-0.2, -0.15) is 0 Å². The van der Waals surface area contributed by atoms with Crippen molar-refractivity contribution >= 4 is 12.0 Å². The lowest BCUT2D eigenvalue weighted by atomic mass is 10.3. The first-order chi connectivity index (χ1) is 6.27. The fourth-order valence-electron chi connectivity index (χ4n) is 1.27. The van der Waals surface area contributed by atoms with Gasteiger partial charge in [0.25, 0.3) is 0 Å². The van der Waals surface area contributed by atoms with Gasteiger partial charge in [0.1, 0.15) is 18.8 Å². The SMILES string of the molecule is CN1C=NCN1c1ccc(F)cc1. The average molecular weight is 179 g/mol. The molecule has 0 amide bonds.